The molecule has 1 unspecified atom stereocenters. The zero-order chi connectivity index (χ0) is 10.8. The lowest BCUT2D eigenvalue weighted by molar-refractivity contribution is -0.146. The van der Waals surface area contributed by atoms with Crippen LogP contribution < -0.4 is 0 Å². The van der Waals surface area contributed by atoms with E-state index in [1.807, 2.05) is 18.2 Å². The van der Waals surface area contributed by atoms with Gasteiger partial charge in [-0.25, -0.2) is 4.79 Å². The topological polar surface area (TPSA) is 70.7 Å². The van der Waals surface area contributed by atoms with Crippen molar-refractivity contribution in [2.45, 2.75) is 12.5 Å². The van der Waals surface area contributed by atoms with Crippen LogP contribution in [-0.4, -0.2) is 22.3 Å². The molecule has 0 saturated heterocycles. The van der Waals surface area contributed by atoms with E-state index in [9.17, 15) is 9.90 Å². The summed E-state index contributed by atoms with van der Waals surface area (Å²) in [5.41, 5.74) is 1.41. The first kappa shape index (κ1) is 9.73. The number of aliphatic hydroxyl groups excluding tert-OH is 1. The van der Waals surface area contributed by atoms with E-state index in [4.69, 9.17) is 9.52 Å². The number of para-hydroxylation sites is 1. The van der Waals surface area contributed by atoms with E-state index >= 15 is 0 Å². The Balaban J connectivity index is 2.32. The molecule has 2 rings (SSSR count). The Bertz CT molecular complexity index is 486. The number of carboxylic acids is 1. The molecule has 0 aliphatic carbocycles. The summed E-state index contributed by atoms with van der Waals surface area (Å²) in [5.74, 6) is -1.22. The lowest BCUT2D eigenvalue weighted by Gasteiger charge is -2.02. The summed E-state index contributed by atoms with van der Waals surface area (Å²) in [4.78, 5) is 10.5. The van der Waals surface area contributed by atoms with Crippen molar-refractivity contribution < 1.29 is 19.4 Å². The molecule has 0 fully saturated rings. The van der Waals surface area contributed by atoms with Crippen LogP contribution in [0.5, 0.6) is 0 Å². The van der Waals surface area contributed by atoms with Crippen molar-refractivity contribution in [3.05, 3.63) is 36.1 Å². The first-order chi connectivity index (χ1) is 7.18. The summed E-state index contributed by atoms with van der Waals surface area (Å²) in [6, 6.07) is 7.31. The molecule has 0 bridgehead atoms. The monoisotopic (exact) mass is 206 g/mol. The van der Waals surface area contributed by atoms with Gasteiger partial charge < -0.3 is 14.6 Å². The van der Waals surface area contributed by atoms with Crippen LogP contribution in [0.25, 0.3) is 11.0 Å². The molecule has 1 aromatic carbocycles. The fraction of sp³-hybridized carbons (Fsp3) is 0.182. The molecule has 4 nitrogen and oxygen atoms in total. The minimum Gasteiger partial charge on any atom is -0.479 e. The van der Waals surface area contributed by atoms with E-state index in [-0.39, 0.29) is 6.42 Å². The number of fused-ring (bicyclic) bond motifs is 1. The van der Waals surface area contributed by atoms with Crippen molar-refractivity contribution >= 4 is 16.9 Å². The zero-order valence-electron chi connectivity index (χ0n) is 7.88. The maximum absolute atomic E-state index is 10.5. The van der Waals surface area contributed by atoms with Gasteiger partial charge in [-0.15, -0.1) is 0 Å². The van der Waals surface area contributed by atoms with Crippen molar-refractivity contribution in [2.24, 2.45) is 0 Å². The zero-order valence-corrected chi connectivity index (χ0v) is 7.88. The highest BCUT2D eigenvalue weighted by atomic mass is 16.4. The van der Waals surface area contributed by atoms with E-state index < -0.39 is 12.1 Å². The molecule has 1 aromatic heterocycles. The predicted octanol–water partition coefficient (Wildman–Crippen LogP) is 1.42. The highest BCUT2D eigenvalue weighted by Gasteiger charge is 2.16. The smallest absolute Gasteiger partial charge is 0.332 e. The normalized spacial score (nSPS) is 12.9. The molecule has 0 radical (unpaired) electrons. The van der Waals surface area contributed by atoms with Gasteiger partial charge in [-0.05, 0) is 6.07 Å². The molecule has 0 aliphatic rings. The number of carbonyl (C=O) groups is 1. The second-order valence-electron chi connectivity index (χ2n) is 3.32. The Kier molecular flexibility index (Phi) is 2.43. The van der Waals surface area contributed by atoms with Crippen LogP contribution in [0.15, 0.2) is 34.9 Å². The van der Waals surface area contributed by atoms with E-state index in [0.717, 1.165) is 5.39 Å². The maximum atomic E-state index is 10.5. The molecule has 2 N–H and O–H groups in total. The molecule has 15 heavy (non-hydrogen) atoms. The van der Waals surface area contributed by atoms with Gasteiger partial charge in [0.05, 0.1) is 6.26 Å². The molecule has 0 aliphatic heterocycles. The van der Waals surface area contributed by atoms with Crippen LogP contribution >= 0.6 is 0 Å². The number of aliphatic hydroxyl groups is 1. The Morgan fingerprint density at radius 1 is 1.40 bits per heavy atom. The summed E-state index contributed by atoms with van der Waals surface area (Å²) in [6.07, 6.45) is 0.161. The predicted molar refractivity (Wildman–Crippen MR) is 53.6 cm³/mol. The second kappa shape index (κ2) is 3.74. The first-order valence-electron chi connectivity index (χ1n) is 4.54. The summed E-state index contributed by atoms with van der Waals surface area (Å²) >= 11 is 0. The summed E-state index contributed by atoms with van der Waals surface area (Å²) in [7, 11) is 0. The van der Waals surface area contributed by atoms with Crippen molar-refractivity contribution in [1.29, 1.82) is 0 Å². The second-order valence-corrected chi connectivity index (χ2v) is 3.32. The van der Waals surface area contributed by atoms with Gasteiger partial charge in [-0.3, -0.25) is 0 Å². The van der Waals surface area contributed by atoms with Gasteiger partial charge in [-0.2, -0.15) is 0 Å². The van der Waals surface area contributed by atoms with Crippen LogP contribution in [0.2, 0.25) is 0 Å². The Morgan fingerprint density at radius 2 is 2.13 bits per heavy atom. The highest BCUT2D eigenvalue weighted by molar-refractivity contribution is 5.82. The Hall–Kier alpha value is -1.81. The highest BCUT2D eigenvalue weighted by Crippen LogP contribution is 2.21. The van der Waals surface area contributed by atoms with Crippen LogP contribution in [0.4, 0.5) is 0 Å². The van der Waals surface area contributed by atoms with Gasteiger partial charge in [-0.1, -0.05) is 18.2 Å². The number of carboxylic acid groups (broad SMARTS) is 1. The molecule has 78 valence electrons. The number of furan rings is 1. The number of aliphatic carboxylic acids is 1. The number of benzene rings is 1. The van der Waals surface area contributed by atoms with E-state index in [0.29, 0.717) is 11.1 Å². The average molecular weight is 206 g/mol. The van der Waals surface area contributed by atoms with Crippen LogP contribution in [0.3, 0.4) is 0 Å². The summed E-state index contributed by atoms with van der Waals surface area (Å²) < 4.78 is 5.23. The Morgan fingerprint density at radius 3 is 2.87 bits per heavy atom. The van der Waals surface area contributed by atoms with Crippen molar-refractivity contribution in [3.63, 3.8) is 0 Å². The van der Waals surface area contributed by atoms with Crippen LogP contribution in [0, 0.1) is 0 Å². The standard InChI is InChI=1S/C11H10O4/c12-9(11(13)14)5-7-6-15-10-4-2-1-3-8(7)10/h1-4,6,9,12H,5H2,(H,13,14). The van der Waals surface area contributed by atoms with Crippen LogP contribution in [0.1, 0.15) is 5.56 Å². The van der Waals surface area contributed by atoms with E-state index in [1.54, 1.807) is 6.07 Å². The van der Waals surface area contributed by atoms with Gasteiger partial charge in [0.15, 0.2) is 6.10 Å². The average Bonchev–Trinajstić information content (AvgIpc) is 2.62. The molecule has 1 heterocycles. The fourth-order valence-corrected chi connectivity index (χ4v) is 1.49. The number of rotatable bonds is 3. The van der Waals surface area contributed by atoms with Gasteiger partial charge in [0.1, 0.15) is 5.58 Å². The van der Waals surface area contributed by atoms with Gasteiger partial charge in [0, 0.05) is 17.4 Å². The third kappa shape index (κ3) is 1.85. The SMILES string of the molecule is O=C(O)C(O)Cc1coc2ccccc12. The summed E-state index contributed by atoms with van der Waals surface area (Å²) in [6.45, 7) is 0. The molecule has 1 atom stereocenters. The third-order valence-electron chi connectivity index (χ3n) is 2.26. The van der Waals surface area contributed by atoms with Crippen molar-refractivity contribution in [1.82, 2.24) is 0 Å². The largest absolute Gasteiger partial charge is 0.479 e. The number of hydrogen-bond acceptors (Lipinski definition) is 3. The molecule has 0 amide bonds. The number of hydrogen-bond donors (Lipinski definition) is 2. The lowest BCUT2D eigenvalue weighted by atomic mass is 10.1. The van der Waals surface area contributed by atoms with Crippen molar-refractivity contribution in [3.8, 4) is 0 Å². The minimum atomic E-state index is -1.38. The van der Waals surface area contributed by atoms with Crippen molar-refractivity contribution in [2.75, 3.05) is 0 Å². The molecular weight excluding hydrogens is 196 g/mol. The quantitative estimate of drug-likeness (QED) is 0.796. The van der Waals surface area contributed by atoms with Gasteiger partial charge in [0.2, 0.25) is 0 Å². The molecule has 0 saturated carbocycles. The molecular formula is C11H10O4. The van der Waals surface area contributed by atoms with Gasteiger partial charge in [0.25, 0.3) is 0 Å². The molecule has 2 aromatic rings. The van der Waals surface area contributed by atoms with Gasteiger partial charge >= 0.3 is 5.97 Å². The maximum Gasteiger partial charge on any atom is 0.332 e. The molecule has 4 heteroatoms. The lowest BCUT2D eigenvalue weighted by Crippen LogP contribution is -2.21. The van der Waals surface area contributed by atoms with E-state index in [2.05, 4.69) is 0 Å². The third-order valence-corrected chi connectivity index (χ3v) is 2.26. The first-order valence-corrected chi connectivity index (χ1v) is 4.54. The Labute approximate surface area is 85.8 Å². The van der Waals surface area contributed by atoms with E-state index in [1.165, 1.54) is 6.26 Å². The van der Waals surface area contributed by atoms with Crippen LogP contribution in [-0.2, 0) is 11.2 Å². The molecule has 0 spiro atoms. The fourth-order valence-electron chi connectivity index (χ4n) is 1.49. The summed E-state index contributed by atoms with van der Waals surface area (Å²) in [5, 5.41) is 18.6. The minimum absolute atomic E-state index is 0.0619.